The van der Waals surface area contributed by atoms with Crippen molar-refractivity contribution in [2.24, 2.45) is 0 Å². The highest BCUT2D eigenvalue weighted by Crippen LogP contribution is 2.55. The van der Waals surface area contributed by atoms with Gasteiger partial charge in [0.05, 0.1) is 22.7 Å². The van der Waals surface area contributed by atoms with Crippen LogP contribution in [0.5, 0.6) is 0 Å². The van der Waals surface area contributed by atoms with Gasteiger partial charge in [-0.1, -0.05) is 419 Å². The predicted octanol–water partition coefficient (Wildman–Crippen LogP) is 39.0. The van der Waals surface area contributed by atoms with Crippen LogP contribution in [-0.4, -0.2) is 0 Å². The second-order valence-electron chi connectivity index (χ2n) is 36.5. The Labute approximate surface area is 823 Å². The largest absolute Gasteiger partial charge is 0.455 e. The number of furan rings is 2. The molecule has 0 fully saturated rings. The first-order chi connectivity index (χ1) is 70.4. The van der Waals surface area contributed by atoms with Crippen molar-refractivity contribution in [3.63, 3.8) is 0 Å². The highest BCUT2D eigenvalue weighted by atomic mass is 16.3. The molecule has 0 aliphatic rings. The molecule has 24 aromatic carbocycles. The standard InChI is InChI=1S/C136H90N4O2/c1-7-36-91(37-8-1)97-72-76-107(77-73-97)137(109-56-30-49-100(81-109)93-40-11-3-12-41-93)129-87-125-126-88-130(118-65-22-26-69-122(118)134(126)141-133(125)121-68-25-21-64-117(121)129)138(108-78-74-98(75-79-108)92-38-9-2-10-39-92)110-57-34-53-104(85-110)99-48-29-54-105(80-99)115-62-19-20-63-116(115)106-55-35-61-114(86-106)140(113-60-33-52-103(84-113)96-46-17-6-18-47-96)132-90-128-127-89-131(119-66-23-27-70-123(119)135(127)142-136(128)124-71-28-24-67-120(124)132)139(111-58-31-50-101(82-111)94-42-13-4-14-43-94)112-59-32-51-102(83-112)95-44-15-5-16-45-95/h1-90H. The van der Waals surface area contributed by atoms with Crippen molar-refractivity contribution in [2.75, 3.05) is 19.6 Å². The van der Waals surface area contributed by atoms with Gasteiger partial charge in [0.15, 0.2) is 0 Å². The van der Waals surface area contributed by atoms with Crippen LogP contribution in [0.2, 0.25) is 0 Å². The third-order valence-electron chi connectivity index (χ3n) is 28.1. The van der Waals surface area contributed by atoms with Crippen LogP contribution in [0, 0.1) is 0 Å². The van der Waals surface area contributed by atoms with Crippen molar-refractivity contribution in [3.8, 4) is 100 Å². The molecule has 0 saturated heterocycles. The lowest BCUT2D eigenvalue weighted by Gasteiger charge is -2.28. The number of benzene rings is 24. The van der Waals surface area contributed by atoms with Crippen LogP contribution >= 0.6 is 0 Å². The lowest BCUT2D eigenvalue weighted by Crippen LogP contribution is -2.11. The molecule has 0 N–H and O–H groups in total. The number of anilines is 12. The van der Waals surface area contributed by atoms with Crippen molar-refractivity contribution in [2.45, 2.75) is 0 Å². The van der Waals surface area contributed by atoms with Crippen molar-refractivity contribution >= 4 is 155 Å². The highest BCUT2D eigenvalue weighted by molar-refractivity contribution is 6.28. The molecule has 0 radical (unpaired) electrons. The van der Waals surface area contributed by atoms with Gasteiger partial charge in [-0.15, -0.1) is 0 Å². The third-order valence-corrected chi connectivity index (χ3v) is 28.1. The summed E-state index contributed by atoms with van der Waals surface area (Å²) in [7, 11) is 0. The van der Waals surface area contributed by atoms with Crippen molar-refractivity contribution in [3.05, 3.63) is 546 Å². The Balaban J connectivity index is 0.609. The van der Waals surface area contributed by atoms with Crippen LogP contribution in [0.3, 0.4) is 0 Å². The van der Waals surface area contributed by atoms with Crippen LogP contribution in [0.4, 0.5) is 68.2 Å². The molecule has 6 nitrogen and oxygen atoms in total. The highest BCUT2D eigenvalue weighted by Gasteiger charge is 2.30. The molecule has 142 heavy (non-hydrogen) atoms. The quantitative estimate of drug-likeness (QED) is 0.0714. The van der Waals surface area contributed by atoms with E-state index in [9.17, 15) is 0 Å². The molecule has 0 spiro atoms. The van der Waals surface area contributed by atoms with E-state index in [2.05, 4.69) is 566 Å². The molecule has 666 valence electrons. The van der Waals surface area contributed by atoms with E-state index in [1.807, 2.05) is 0 Å². The average molecular weight is 1810 g/mol. The summed E-state index contributed by atoms with van der Waals surface area (Å²) in [5, 5.41) is 12.3. The maximum absolute atomic E-state index is 7.49. The maximum Gasteiger partial charge on any atom is 0.143 e. The molecule has 0 amide bonds. The van der Waals surface area contributed by atoms with Gasteiger partial charge in [0.2, 0.25) is 0 Å². The van der Waals surface area contributed by atoms with Gasteiger partial charge in [-0.25, -0.2) is 0 Å². The molecule has 6 heteroatoms. The lowest BCUT2D eigenvalue weighted by atomic mass is 9.92. The fourth-order valence-corrected chi connectivity index (χ4v) is 21.4. The molecule has 0 aliphatic carbocycles. The molecule has 2 heterocycles. The van der Waals surface area contributed by atoms with E-state index in [4.69, 9.17) is 8.83 Å². The van der Waals surface area contributed by atoms with Gasteiger partial charge in [-0.3, -0.25) is 0 Å². The summed E-state index contributed by atoms with van der Waals surface area (Å²) in [5.74, 6) is 0. The molecule has 0 bridgehead atoms. The molecule has 0 aliphatic heterocycles. The Kier molecular flexibility index (Phi) is 21.2. The smallest absolute Gasteiger partial charge is 0.143 e. The van der Waals surface area contributed by atoms with Crippen LogP contribution in [0.1, 0.15) is 0 Å². The number of hydrogen-bond donors (Lipinski definition) is 0. The first-order valence-electron chi connectivity index (χ1n) is 48.6. The van der Waals surface area contributed by atoms with Crippen LogP contribution in [0.15, 0.2) is 555 Å². The van der Waals surface area contributed by atoms with Gasteiger partial charge in [0.25, 0.3) is 0 Å². The summed E-state index contributed by atoms with van der Waals surface area (Å²) in [6.07, 6.45) is 0. The van der Waals surface area contributed by atoms with E-state index >= 15 is 0 Å². The molecule has 2 aromatic heterocycles. The second-order valence-corrected chi connectivity index (χ2v) is 36.5. The number of fused-ring (bicyclic) bond motifs is 14. The fourth-order valence-electron chi connectivity index (χ4n) is 21.4. The molecule has 0 unspecified atom stereocenters. The number of rotatable bonds is 21. The van der Waals surface area contributed by atoms with Gasteiger partial charge < -0.3 is 28.4 Å². The minimum absolute atomic E-state index is 0.826. The van der Waals surface area contributed by atoms with Crippen molar-refractivity contribution in [1.82, 2.24) is 0 Å². The monoisotopic (exact) mass is 1810 g/mol. The van der Waals surface area contributed by atoms with Crippen molar-refractivity contribution in [1.29, 1.82) is 0 Å². The second kappa shape index (κ2) is 36.0. The summed E-state index contributed by atoms with van der Waals surface area (Å²) in [5.41, 5.74) is 35.7. The van der Waals surface area contributed by atoms with E-state index in [0.29, 0.717) is 0 Å². The molecular formula is C136H90N4O2. The molecule has 0 atom stereocenters. The Hall–Kier alpha value is -18.9. The topological polar surface area (TPSA) is 39.2 Å². The zero-order valence-electron chi connectivity index (χ0n) is 77.6. The van der Waals surface area contributed by atoms with Crippen LogP contribution in [-0.2, 0) is 0 Å². The Morgan fingerprint density at radius 3 is 0.549 bits per heavy atom. The average Bonchev–Trinajstić information content (AvgIpc) is 1.53. The minimum atomic E-state index is 0.826. The van der Waals surface area contributed by atoms with Gasteiger partial charge in [-0.05, 0) is 228 Å². The molecular weight excluding hydrogens is 1720 g/mol. The molecule has 26 aromatic rings. The Morgan fingerprint density at radius 2 is 0.282 bits per heavy atom. The van der Waals surface area contributed by atoms with E-state index in [1.165, 1.54) is 5.56 Å². The Bertz CT molecular complexity index is 9200. The van der Waals surface area contributed by atoms with Gasteiger partial charge >= 0.3 is 0 Å². The summed E-state index contributed by atoms with van der Waals surface area (Å²) in [6, 6.07) is 199. The maximum atomic E-state index is 7.49. The SMILES string of the molecule is c1ccc(-c2ccc(N(c3cccc(-c4ccccc4)c3)c3cc4c5cc(N(c6ccc(-c7ccccc7)cc6)c6cccc(-c7cccc(-c8ccccc8-c8cccc(N(c9cccc(-c%10ccccc%10)c9)c9cc%10c%11cc(N(c%12cccc(-c%13ccccc%13)c%12)c%12cccc(-c%13ccccc%13)c%12)c%12ccccc%12c%11oc%10c%10ccccc9%10)c8)c7)c6)c6ccccc6c5oc4c4ccccc34)cc2)cc1. The van der Waals surface area contributed by atoms with E-state index in [0.717, 1.165) is 250 Å². The zero-order valence-corrected chi connectivity index (χ0v) is 77.6. The summed E-state index contributed by atoms with van der Waals surface area (Å²) < 4.78 is 15.0. The first-order valence-corrected chi connectivity index (χ1v) is 48.6. The fraction of sp³-hybridized carbons (Fsp3) is 0. The zero-order chi connectivity index (χ0) is 93.9. The number of hydrogen-bond acceptors (Lipinski definition) is 6. The predicted molar refractivity (Wildman–Crippen MR) is 599 cm³/mol. The Morgan fingerprint density at radius 1 is 0.106 bits per heavy atom. The molecule has 0 saturated carbocycles. The normalized spacial score (nSPS) is 11.5. The van der Waals surface area contributed by atoms with Crippen LogP contribution in [0.25, 0.3) is 187 Å². The third kappa shape index (κ3) is 15.3. The van der Waals surface area contributed by atoms with E-state index in [-0.39, 0.29) is 0 Å². The van der Waals surface area contributed by atoms with Gasteiger partial charge in [-0.2, -0.15) is 0 Å². The first kappa shape index (κ1) is 83.7. The summed E-state index contributed by atoms with van der Waals surface area (Å²) in [6.45, 7) is 0. The van der Waals surface area contributed by atoms with E-state index in [1.54, 1.807) is 0 Å². The van der Waals surface area contributed by atoms with E-state index < -0.39 is 0 Å². The molecule has 26 rings (SSSR count). The lowest BCUT2D eigenvalue weighted by molar-refractivity contribution is 0.676. The minimum Gasteiger partial charge on any atom is -0.455 e. The summed E-state index contributed by atoms with van der Waals surface area (Å²) >= 11 is 0. The van der Waals surface area contributed by atoms with Gasteiger partial charge in [0, 0.05) is 110 Å². The van der Waals surface area contributed by atoms with Crippen LogP contribution < -0.4 is 19.6 Å². The number of nitrogens with zero attached hydrogens (tertiary/aromatic N) is 4. The van der Waals surface area contributed by atoms with Crippen molar-refractivity contribution < 1.29 is 8.83 Å². The summed E-state index contributed by atoms with van der Waals surface area (Å²) in [4.78, 5) is 9.80. The van der Waals surface area contributed by atoms with Gasteiger partial charge in [0.1, 0.15) is 22.3 Å².